The molecule has 176 valence electrons. The van der Waals surface area contributed by atoms with Gasteiger partial charge in [0.25, 0.3) is 5.91 Å². The topological polar surface area (TPSA) is 110 Å². The molecule has 1 aromatic heterocycles. The highest BCUT2D eigenvalue weighted by Gasteiger charge is 2.17. The smallest absolute Gasteiger partial charge is 0.303 e. The fourth-order valence-corrected chi connectivity index (χ4v) is 2.95. The molecule has 0 fully saturated rings. The summed E-state index contributed by atoms with van der Waals surface area (Å²) in [5, 5.41) is 16.8. The van der Waals surface area contributed by atoms with Gasteiger partial charge in [-0.2, -0.15) is 0 Å². The van der Waals surface area contributed by atoms with E-state index in [1.165, 1.54) is 13.1 Å². The van der Waals surface area contributed by atoms with E-state index >= 15 is 0 Å². The zero-order chi connectivity index (χ0) is 23.1. The molecule has 3 rings (SSSR count). The Balaban J connectivity index is 0.00000385. The maximum absolute atomic E-state index is 12.2. The highest BCUT2D eigenvalue weighted by atomic mass is 35.5. The predicted molar refractivity (Wildman–Crippen MR) is 130 cm³/mol. The second kappa shape index (κ2) is 11.5. The van der Waals surface area contributed by atoms with E-state index in [9.17, 15) is 14.7 Å². The number of fused-ring (bicyclic) bond motifs is 1. The number of anilines is 2. The number of aromatic nitrogens is 1. The van der Waals surface area contributed by atoms with Gasteiger partial charge in [0, 0.05) is 24.9 Å². The van der Waals surface area contributed by atoms with Crippen molar-refractivity contribution in [3.05, 3.63) is 60.3 Å². The Labute approximate surface area is 198 Å². The second-order valence-electron chi connectivity index (χ2n) is 7.99. The van der Waals surface area contributed by atoms with E-state index in [0.717, 1.165) is 10.9 Å². The van der Waals surface area contributed by atoms with Gasteiger partial charge in [-0.25, -0.2) is 0 Å². The molecule has 0 bridgehead atoms. The number of nitrogens with zero attached hydrogens (tertiary/aromatic N) is 1. The zero-order valence-corrected chi connectivity index (χ0v) is 19.6. The number of halogens is 1. The highest BCUT2D eigenvalue weighted by molar-refractivity contribution is 6.03. The van der Waals surface area contributed by atoms with Crippen LogP contribution in [-0.4, -0.2) is 40.7 Å². The van der Waals surface area contributed by atoms with Crippen LogP contribution in [0.25, 0.3) is 10.9 Å². The summed E-state index contributed by atoms with van der Waals surface area (Å²) in [6.45, 7) is 4.87. The van der Waals surface area contributed by atoms with Crippen LogP contribution in [0.15, 0.2) is 54.7 Å². The minimum Gasteiger partial charge on any atom is -0.489 e. The van der Waals surface area contributed by atoms with Crippen LogP contribution < -0.4 is 15.4 Å². The first-order chi connectivity index (χ1) is 15.2. The summed E-state index contributed by atoms with van der Waals surface area (Å²) < 4.78 is 10.6. The summed E-state index contributed by atoms with van der Waals surface area (Å²) in [6, 6.07) is 15.3. The van der Waals surface area contributed by atoms with Crippen molar-refractivity contribution in [2.75, 3.05) is 23.8 Å². The van der Waals surface area contributed by atoms with Crippen molar-refractivity contribution in [3.63, 3.8) is 0 Å². The first kappa shape index (κ1) is 25.9. The Morgan fingerprint density at radius 2 is 1.85 bits per heavy atom. The average molecular weight is 474 g/mol. The van der Waals surface area contributed by atoms with Crippen LogP contribution in [0.1, 0.15) is 26.3 Å². The number of esters is 1. The van der Waals surface area contributed by atoms with E-state index < -0.39 is 24.1 Å². The molecule has 0 saturated carbocycles. The lowest BCUT2D eigenvalue weighted by atomic mass is 10.1. The Bertz CT molecular complexity index is 1100. The summed E-state index contributed by atoms with van der Waals surface area (Å²) >= 11 is 0. The molecule has 0 radical (unpaired) electrons. The van der Waals surface area contributed by atoms with Gasteiger partial charge in [-0.05, 0) is 31.5 Å². The molecule has 3 aromatic rings. The van der Waals surface area contributed by atoms with E-state index in [1.54, 1.807) is 13.8 Å². The van der Waals surface area contributed by atoms with Crippen LogP contribution in [0.4, 0.5) is 11.4 Å². The molecule has 2 aromatic carbocycles. The van der Waals surface area contributed by atoms with Crippen LogP contribution in [0.2, 0.25) is 0 Å². The van der Waals surface area contributed by atoms with Crippen LogP contribution in [0.5, 0.6) is 5.75 Å². The van der Waals surface area contributed by atoms with Crippen molar-refractivity contribution in [1.82, 2.24) is 4.98 Å². The van der Waals surface area contributed by atoms with Crippen molar-refractivity contribution in [1.29, 1.82) is 0 Å². The quantitative estimate of drug-likeness (QED) is 0.404. The van der Waals surface area contributed by atoms with Crippen molar-refractivity contribution < 1.29 is 24.2 Å². The van der Waals surface area contributed by atoms with E-state index in [0.29, 0.717) is 29.2 Å². The molecule has 0 aliphatic heterocycles. The third kappa shape index (κ3) is 7.93. The van der Waals surface area contributed by atoms with Crippen molar-refractivity contribution in [2.45, 2.75) is 33.0 Å². The van der Waals surface area contributed by atoms with E-state index in [4.69, 9.17) is 9.47 Å². The predicted octanol–water partition coefficient (Wildman–Crippen LogP) is 3.92. The molecule has 1 heterocycles. The largest absolute Gasteiger partial charge is 0.489 e. The molecular formula is C24H28ClN3O5. The average Bonchev–Trinajstić information content (AvgIpc) is 2.75. The number of aliphatic hydroxyl groups is 1. The van der Waals surface area contributed by atoms with Crippen LogP contribution in [0.3, 0.4) is 0 Å². The Hall–Kier alpha value is -3.36. The molecule has 0 aliphatic rings. The third-order valence-electron chi connectivity index (χ3n) is 4.47. The highest BCUT2D eigenvalue weighted by Crippen LogP contribution is 2.32. The lowest BCUT2D eigenvalue weighted by molar-refractivity contribution is -0.144. The molecule has 33 heavy (non-hydrogen) atoms. The third-order valence-corrected chi connectivity index (χ3v) is 4.47. The minimum atomic E-state index is -0.979. The minimum absolute atomic E-state index is 0. The summed E-state index contributed by atoms with van der Waals surface area (Å²) in [7, 11) is 0. The number of benzene rings is 2. The molecule has 1 amide bonds. The maximum Gasteiger partial charge on any atom is 0.303 e. The number of carbonyl (C=O) groups excluding carboxylic acids is 2. The standard InChI is InChI=1S/C24H27N3O5.ClH/c1-16(28)31-14-22(29)27-21-12-25-20-11-18(32-13-17-7-5-4-6-8-17)9-10-19(20)23(21)26-15-24(2,3)30;/h4-12,30H,13-15H2,1-3H3,(H,25,26)(H,27,29);1H. The molecule has 8 nitrogen and oxygen atoms in total. The molecule has 3 N–H and O–H groups in total. The lowest BCUT2D eigenvalue weighted by Gasteiger charge is -2.21. The van der Waals surface area contributed by atoms with Gasteiger partial charge in [0.05, 0.1) is 28.7 Å². The van der Waals surface area contributed by atoms with Gasteiger partial charge >= 0.3 is 5.97 Å². The number of hydrogen-bond donors (Lipinski definition) is 3. The van der Waals surface area contributed by atoms with Gasteiger partial charge in [-0.1, -0.05) is 30.3 Å². The van der Waals surface area contributed by atoms with Crippen LogP contribution in [0, 0.1) is 0 Å². The van der Waals surface area contributed by atoms with Gasteiger partial charge in [-0.15, -0.1) is 12.4 Å². The molecule has 0 spiro atoms. The fourth-order valence-electron chi connectivity index (χ4n) is 2.95. The van der Waals surface area contributed by atoms with Gasteiger partial charge in [0.1, 0.15) is 12.4 Å². The number of pyridine rings is 1. The van der Waals surface area contributed by atoms with Crippen molar-refractivity contribution >= 4 is 46.6 Å². The number of carbonyl (C=O) groups is 2. The normalized spacial score (nSPS) is 10.8. The Morgan fingerprint density at radius 1 is 1.12 bits per heavy atom. The van der Waals surface area contributed by atoms with Gasteiger partial charge in [0.2, 0.25) is 0 Å². The first-order valence-electron chi connectivity index (χ1n) is 10.2. The summed E-state index contributed by atoms with van der Waals surface area (Å²) in [6.07, 6.45) is 1.52. The molecular weight excluding hydrogens is 446 g/mol. The number of ether oxygens (including phenoxy) is 2. The van der Waals surface area contributed by atoms with E-state index in [-0.39, 0.29) is 19.0 Å². The zero-order valence-electron chi connectivity index (χ0n) is 18.8. The molecule has 0 aliphatic carbocycles. The van der Waals surface area contributed by atoms with Gasteiger partial charge in [-0.3, -0.25) is 14.6 Å². The van der Waals surface area contributed by atoms with E-state index in [2.05, 4.69) is 15.6 Å². The number of amides is 1. The monoisotopic (exact) mass is 473 g/mol. The van der Waals surface area contributed by atoms with Crippen LogP contribution in [-0.2, 0) is 20.9 Å². The van der Waals surface area contributed by atoms with Gasteiger partial charge < -0.3 is 25.2 Å². The molecule has 0 atom stereocenters. The Morgan fingerprint density at radius 3 is 2.52 bits per heavy atom. The maximum atomic E-state index is 12.2. The number of nitrogens with one attached hydrogen (secondary N) is 2. The van der Waals surface area contributed by atoms with Crippen molar-refractivity contribution in [2.24, 2.45) is 0 Å². The molecule has 9 heteroatoms. The summed E-state index contributed by atoms with van der Waals surface area (Å²) in [4.78, 5) is 27.6. The Kier molecular flexibility index (Phi) is 9.02. The first-order valence-corrected chi connectivity index (χ1v) is 10.2. The molecule has 0 unspecified atom stereocenters. The second-order valence-corrected chi connectivity index (χ2v) is 7.99. The van der Waals surface area contributed by atoms with Crippen LogP contribution >= 0.6 is 12.4 Å². The molecule has 0 saturated heterocycles. The summed E-state index contributed by atoms with van der Waals surface area (Å²) in [5.41, 5.74) is 1.75. The summed E-state index contributed by atoms with van der Waals surface area (Å²) in [5.74, 6) is -0.371. The fraction of sp³-hybridized carbons (Fsp3) is 0.292. The number of rotatable bonds is 9. The van der Waals surface area contributed by atoms with Gasteiger partial charge in [0.15, 0.2) is 6.61 Å². The lowest BCUT2D eigenvalue weighted by Crippen LogP contribution is -2.30. The van der Waals surface area contributed by atoms with Crippen molar-refractivity contribution in [3.8, 4) is 5.75 Å². The number of hydrogen-bond acceptors (Lipinski definition) is 7. The SMILES string of the molecule is CC(=O)OCC(=O)Nc1cnc2cc(OCc3ccccc3)ccc2c1NCC(C)(C)O.Cl. The van der Waals surface area contributed by atoms with E-state index in [1.807, 2.05) is 48.5 Å².